The first-order chi connectivity index (χ1) is 8.40. The summed E-state index contributed by atoms with van der Waals surface area (Å²) in [6.45, 7) is 3.58. The second kappa shape index (κ2) is 4.00. The summed E-state index contributed by atoms with van der Waals surface area (Å²) in [5.74, 6) is 5.75. The summed E-state index contributed by atoms with van der Waals surface area (Å²) in [5, 5.41) is 0. The van der Waals surface area contributed by atoms with Gasteiger partial charge in [-0.25, -0.2) is 0 Å². The van der Waals surface area contributed by atoms with Crippen LogP contribution in [0.3, 0.4) is 0 Å². The SMILES string of the molecule is [CH2]C#Cc1ccccc1C1=C=C=CCC2=C1[CH]2. The van der Waals surface area contributed by atoms with Crippen molar-refractivity contribution in [1.29, 1.82) is 0 Å². The molecule has 0 amide bonds. The average Bonchev–Trinajstić information content (AvgIpc) is 3.09. The average molecular weight is 214 g/mol. The highest BCUT2D eigenvalue weighted by Gasteiger charge is 2.26. The minimum absolute atomic E-state index is 0.967. The Hall–Kier alpha value is -2.18. The van der Waals surface area contributed by atoms with Crippen molar-refractivity contribution in [1.82, 2.24) is 0 Å². The van der Waals surface area contributed by atoms with Gasteiger partial charge in [0, 0.05) is 30.0 Å². The monoisotopic (exact) mass is 214 g/mol. The summed E-state index contributed by atoms with van der Waals surface area (Å²) in [7, 11) is 0. The molecule has 0 saturated heterocycles. The van der Waals surface area contributed by atoms with E-state index < -0.39 is 0 Å². The van der Waals surface area contributed by atoms with Gasteiger partial charge >= 0.3 is 0 Å². The van der Waals surface area contributed by atoms with Crippen molar-refractivity contribution in [2.24, 2.45) is 0 Å². The molecule has 0 fully saturated rings. The van der Waals surface area contributed by atoms with E-state index >= 15 is 0 Å². The molecule has 2 aliphatic rings. The number of hydrogen-bond acceptors (Lipinski definition) is 0. The van der Waals surface area contributed by atoms with Gasteiger partial charge in [0.05, 0.1) is 0 Å². The van der Waals surface area contributed by atoms with Crippen molar-refractivity contribution in [2.75, 3.05) is 0 Å². The molecule has 2 aliphatic carbocycles. The van der Waals surface area contributed by atoms with E-state index in [1.54, 1.807) is 0 Å². The predicted octanol–water partition coefficient (Wildman–Crippen LogP) is 3.48. The van der Waals surface area contributed by atoms with Crippen LogP contribution in [0.15, 0.2) is 53.0 Å². The van der Waals surface area contributed by atoms with Gasteiger partial charge in [-0.1, -0.05) is 47.1 Å². The van der Waals surface area contributed by atoms with Gasteiger partial charge < -0.3 is 0 Å². The van der Waals surface area contributed by atoms with Crippen LogP contribution >= 0.6 is 0 Å². The molecule has 2 radical (unpaired) electrons. The van der Waals surface area contributed by atoms with Crippen LogP contribution in [0.4, 0.5) is 0 Å². The standard InChI is InChI=1S/C17H10/c1-2-7-13-8-3-5-10-15(13)16-11-6-4-9-14-12-17(14)16/h3-5,8,10,12H,1,9H2. The summed E-state index contributed by atoms with van der Waals surface area (Å²) in [6.07, 6.45) is 5.19. The Morgan fingerprint density at radius 3 is 3.00 bits per heavy atom. The molecule has 0 atom stereocenters. The molecule has 0 aliphatic heterocycles. The summed E-state index contributed by atoms with van der Waals surface area (Å²) >= 11 is 0. The molecule has 17 heavy (non-hydrogen) atoms. The first-order valence-corrected chi connectivity index (χ1v) is 5.56. The molecule has 0 aromatic heterocycles. The highest BCUT2D eigenvalue weighted by molar-refractivity contribution is 5.91. The van der Waals surface area contributed by atoms with E-state index in [-0.39, 0.29) is 0 Å². The number of rotatable bonds is 1. The van der Waals surface area contributed by atoms with Crippen molar-refractivity contribution in [3.8, 4) is 11.8 Å². The molecule has 1 aromatic rings. The molecule has 78 valence electrons. The number of hydrogen-bond donors (Lipinski definition) is 0. The predicted molar refractivity (Wildman–Crippen MR) is 69.6 cm³/mol. The topological polar surface area (TPSA) is 0 Å². The molecule has 0 bridgehead atoms. The zero-order valence-corrected chi connectivity index (χ0v) is 9.38. The third-order valence-corrected chi connectivity index (χ3v) is 2.89. The fourth-order valence-corrected chi connectivity index (χ4v) is 2.01. The molecule has 0 N–H and O–H groups in total. The van der Waals surface area contributed by atoms with Crippen molar-refractivity contribution < 1.29 is 0 Å². The Morgan fingerprint density at radius 2 is 2.12 bits per heavy atom. The first kappa shape index (κ1) is 10.0. The second-order valence-electron chi connectivity index (χ2n) is 3.98. The van der Waals surface area contributed by atoms with Crippen LogP contribution in [0.5, 0.6) is 0 Å². The van der Waals surface area contributed by atoms with Crippen LogP contribution in [0.25, 0.3) is 5.57 Å². The summed E-state index contributed by atoms with van der Waals surface area (Å²) in [6, 6.07) is 8.10. The maximum Gasteiger partial charge on any atom is 0.0372 e. The van der Waals surface area contributed by atoms with Gasteiger partial charge in [0.2, 0.25) is 0 Å². The molecule has 0 unspecified atom stereocenters. The Morgan fingerprint density at radius 1 is 1.24 bits per heavy atom. The summed E-state index contributed by atoms with van der Waals surface area (Å²) in [5.41, 5.74) is 12.2. The molecule has 0 spiro atoms. The highest BCUT2D eigenvalue weighted by atomic mass is 14.3. The zero-order valence-electron chi connectivity index (χ0n) is 9.38. The van der Waals surface area contributed by atoms with E-state index in [4.69, 9.17) is 0 Å². The van der Waals surface area contributed by atoms with E-state index in [0.29, 0.717) is 0 Å². The Balaban J connectivity index is 2.19. The van der Waals surface area contributed by atoms with Crippen LogP contribution in [-0.2, 0) is 0 Å². The Kier molecular flexibility index (Phi) is 2.36. The fourth-order valence-electron chi connectivity index (χ4n) is 2.01. The van der Waals surface area contributed by atoms with Crippen molar-refractivity contribution >= 4 is 5.57 Å². The lowest BCUT2D eigenvalue weighted by Crippen LogP contribution is -1.87. The summed E-state index contributed by atoms with van der Waals surface area (Å²) < 4.78 is 0. The van der Waals surface area contributed by atoms with Crippen LogP contribution in [-0.4, -0.2) is 0 Å². The van der Waals surface area contributed by atoms with Crippen LogP contribution in [0.2, 0.25) is 0 Å². The van der Waals surface area contributed by atoms with E-state index in [1.807, 2.05) is 24.3 Å². The minimum Gasteiger partial charge on any atom is -0.0969 e. The lowest BCUT2D eigenvalue weighted by molar-refractivity contribution is 1.36. The molecule has 0 saturated carbocycles. The minimum atomic E-state index is 0.967. The van der Waals surface area contributed by atoms with Gasteiger partial charge in [-0.2, -0.15) is 0 Å². The normalized spacial score (nSPS) is 15.7. The van der Waals surface area contributed by atoms with Gasteiger partial charge in [-0.05, 0) is 24.1 Å². The van der Waals surface area contributed by atoms with Crippen molar-refractivity contribution in [3.63, 3.8) is 0 Å². The Bertz CT molecular complexity index is 674. The van der Waals surface area contributed by atoms with E-state index in [2.05, 4.69) is 42.7 Å². The summed E-state index contributed by atoms with van der Waals surface area (Å²) in [4.78, 5) is 0. The first-order valence-electron chi connectivity index (χ1n) is 5.56. The van der Waals surface area contributed by atoms with Crippen molar-refractivity contribution in [2.45, 2.75) is 6.42 Å². The number of allylic oxidation sites excluding steroid dienone is 4. The molecule has 3 rings (SSSR count). The van der Waals surface area contributed by atoms with Gasteiger partial charge in [0.25, 0.3) is 0 Å². The molecule has 0 nitrogen and oxygen atoms in total. The highest BCUT2D eigenvalue weighted by Crippen LogP contribution is 2.43. The second-order valence-corrected chi connectivity index (χ2v) is 3.98. The lowest BCUT2D eigenvalue weighted by Gasteiger charge is -2.03. The van der Waals surface area contributed by atoms with Gasteiger partial charge in [-0.3, -0.25) is 0 Å². The van der Waals surface area contributed by atoms with E-state index in [0.717, 1.165) is 23.1 Å². The molecular weight excluding hydrogens is 204 g/mol. The molecule has 0 heterocycles. The molecule has 1 aromatic carbocycles. The van der Waals surface area contributed by atoms with Gasteiger partial charge in [-0.15, -0.1) is 0 Å². The zero-order chi connectivity index (χ0) is 11.7. The lowest BCUT2D eigenvalue weighted by atomic mass is 9.98. The van der Waals surface area contributed by atoms with Crippen LogP contribution < -0.4 is 0 Å². The molecule has 0 heteroatoms. The third-order valence-electron chi connectivity index (χ3n) is 2.89. The van der Waals surface area contributed by atoms with E-state index in [9.17, 15) is 0 Å². The maximum atomic E-state index is 3.58. The van der Waals surface area contributed by atoms with Gasteiger partial charge in [0.1, 0.15) is 0 Å². The van der Waals surface area contributed by atoms with Gasteiger partial charge in [0.15, 0.2) is 0 Å². The molecular formula is C17H10. The fraction of sp³-hybridized carbons (Fsp3) is 0.0588. The number of benzene rings is 1. The third kappa shape index (κ3) is 1.79. The van der Waals surface area contributed by atoms with Crippen molar-refractivity contribution in [3.05, 3.63) is 77.4 Å². The largest absolute Gasteiger partial charge is 0.0969 e. The Labute approximate surface area is 102 Å². The smallest absolute Gasteiger partial charge is 0.0372 e. The van der Waals surface area contributed by atoms with Crippen LogP contribution in [0, 0.1) is 25.2 Å². The van der Waals surface area contributed by atoms with Crippen LogP contribution in [0.1, 0.15) is 17.5 Å². The maximum absolute atomic E-state index is 3.58. The van der Waals surface area contributed by atoms with E-state index in [1.165, 1.54) is 11.1 Å². The quantitative estimate of drug-likeness (QED) is 0.496.